The molecule has 0 aliphatic carbocycles. The Morgan fingerprint density at radius 2 is 1.80 bits per heavy atom. The molecule has 5 nitrogen and oxygen atoms in total. The van der Waals surface area contributed by atoms with Crippen LogP contribution in [0.1, 0.15) is 11.1 Å². The lowest BCUT2D eigenvalue weighted by molar-refractivity contribution is 0.299. The van der Waals surface area contributed by atoms with Crippen LogP contribution in [0.5, 0.6) is 11.5 Å². The SMILES string of the molecule is N/C(=N/O)c1ccccc1Oc1ccc(CCO)cc1. The van der Waals surface area contributed by atoms with Gasteiger partial charge in [-0.25, -0.2) is 0 Å². The number of nitrogens with two attached hydrogens (primary N) is 1. The summed E-state index contributed by atoms with van der Waals surface area (Å²) in [5.41, 5.74) is 7.16. The summed E-state index contributed by atoms with van der Waals surface area (Å²) < 4.78 is 5.73. The Morgan fingerprint density at radius 3 is 2.45 bits per heavy atom. The van der Waals surface area contributed by atoms with Crippen molar-refractivity contribution < 1.29 is 15.1 Å². The van der Waals surface area contributed by atoms with E-state index in [2.05, 4.69) is 5.16 Å². The van der Waals surface area contributed by atoms with E-state index in [-0.39, 0.29) is 12.4 Å². The number of hydrogen-bond acceptors (Lipinski definition) is 4. The summed E-state index contributed by atoms with van der Waals surface area (Å²) in [5.74, 6) is 1.15. The minimum absolute atomic E-state index is 0.00231. The Kier molecular flexibility index (Phi) is 4.57. The third-order valence-electron chi connectivity index (χ3n) is 2.82. The summed E-state index contributed by atoms with van der Waals surface area (Å²) in [6, 6.07) is 14.4. The maximum absolute atomic E-state index is 8.87. The van der Waals surface area contributed by atoms with Crippen LogP contribution in [-0.2, 0) is 6.42 Å². The summed E-state index contributed by atoms with van der Waals surface area (Å²) in [4.78, 5) is 0. The molecule has 0 saturated heterocycles. The lowest BCUT2D eigenvalue weighted by atomic mass is 10.1. The van der Waals surface area contributed by atoms with Crippen LogP contribution in [0.3, 0.4) is 0 Å². The number of aliphatic hydroxyl groups excluding tert-OH is 1. The second-order valence-corrected chi connectivity index (χ2v) is 4.20. The lowest BCUT2D eigenvalue weighted by Crippen LogP contribution is -2.14. The number of hydrogen-bond donors (Lipinski definition) is 3. The third kappa shape index (κ3) is 3.27. The van der Waals surface area contributed by atoms with Crippen molar-refractivity contribution in [1.29, 1.82) is 0 Å². The van der Waals surface area contributed by atoms with Crippen molar-refractivity contribution in [3.63, 3.8) is 0 Å². The second-order valence-electron chi connectivity index (χ2n) is 4.20. The summed E-state index contributed by atoms with van der Waals surface area (Å²) in [6.07, 6.45) is 0.612. The molecule has 0 spiro atoms. The quantitative estimate of drug-likeness (QED) is 0.336. The smallest absolute Gasteiger partial charge is 0.173 e. The molecule has 0 bridgehead atoms. The van der Waals surface area contributed by atoms with E-state index in [1.807, 2.05) is 30.3 Å². The zero-order chi connectivity index (χ0) is 14.4. The summed E-state index contributed by atoms with van der Waals surface area (Å²) in [7, 11) is 0. The minimum Gasteiger partial charge on any atom is -0.457 e. The molecule has 0 unspecified atom stereocenters. The highest BCUT2D eigenvalue weighted by atomic mass is 16.5. The van der Waals surface area contributed by atoms with Gasteiger partial charge in [-0.1, -0.05) is 29.4 Å². The predicted octanol–water partition coefficient (Wildman–Crippen LogP) is 2.11. The molecule has 0 aliphatic heterocycles. The molecule has 4 N–H and O–H groups in total. The van der Waals surface area contributed by atoms with Crippen molar-refractivity contribution in [3.05, 3.63) is 59.7 Å². The van der Waals surface area contributed by atoms with Crippen LogP contribution < -0.4 is 10.5 Å². The Bertz CT molecular complexity index is 594. The Balaban J connectivity index is 2.21. The third-order valence-corrected chi connectivity index (χ3v) is 2.82. The largest absolute Gasteiger partial charge is 0.457 e. The van der Waals surface area contributed by atoms with Crippen LogP contribution in [-0.4, -0.2) is 22.8 Å². The molecule has 0 saturated carbocycles. The van der Waals surface area contributed by atoms with Gasteiger partial charge in [-0.3, -0.25) is 0 Å². The molecule has 104 valence electrons. The molecule has 0 atom stereocenters. The molecule has 2 rings (SSSR count). The molecular weight excluding hydrogens is 256 g/mol. The van der Waals surface area contributed by atoms with Crippen molar-refractivity contribution in [3.8, 4) is 11.5 Å². The van der Waals surface area contributed by atoms with Gasteiger partial charge >= 0.3 is 0 Å². The van der Waals surface area contributed by atoms with E-state index in [1.165, 1.54) is 0 Å². The summed E-state index contributed by atoms with van der Waals surface area (Å²) in [6.45, 7) is 0.118. The number of rotatable bonds is 5. The van der Waals surface area contributed by atoms with E-state index < -0.39 is 0 Å². The van der Waals surface area contributed by atoms with Crippen LogP contribution in [0, 0.1) is 0 Å². The van der Waals surface area contributed by atoms with Gasteiger partial charge in [0.2, 0.25) is 0 Å². The number of nitrogens with zero attached hydrogens (tertiary/aromatic N) is 1. The summed E-state index contributed by atoms with van der Waals surface area (Å²) in [5, 5.41) is 20.6. The normalized spacial score (nSPS) is 11.3. The van der Waals surface area contributed by atoms with Gasteiger partial charge in [-0.2, -0.15) is 0 Å². The average molecular weight is 272 g/mol. The average Bonchev–Trinajstić information content (AvgIpc) is 2.49. The molecule has 2 aromatic rings. The first-order valence-corrected chi connectivity index (χ1v) is 6.19. The molecule has 20 heavy (non-hydrogen) atoms. The van der Waals surface area contributed by atoms with Crippen LogP contribution in [0.15, 0.2) is 53.7 Å². The van der Waals surface area contributed by atoms with Crippen LogP contribution >= 0.6 is 0 Å². The van der Waals surface area contributed by atoms with E-state index in [0.29, 0.717) is 23.5 Å². The molecular formula is C15H16N2O3. The second kappa shape index (κ2) is 6.58. The van der Waals surface area contributed by atoms with Crippen molar-refractivity contribution in [2.24, 2.45) is 10.9 Å². The van der Waals surface area contributed by atoms with Crippen molar-refractivity contribution in [1.82, 2.24) is 0 Å². The topological polar surface area (TPSA) is 88.1 Å². The van der Waals surface area contributed by atoms with E-state index in [0.717, 1.165) is 5.56 Å². The van der Waals surface area contributed by atoms with Gasteiger partial charge in [-0.15, -0.1) is 0 Å². The Morgan fingerprint density at radius 1 is 1.10 bits per heavy atom. The fraction of sp³-hybridized carbons (Fsp3) is 0.133. The highest BCUT2D eigenvalue weighted by molar-refractivity contribution is 5.99. The number of para-hydroxylation sites is 1. The van der Waals surface area contributed by atoms with Gasteiger partial charge < -0.3 is 20.8 Å². The van der Waals surface area contributed by atoms with Gasteiger partial charge in [0.05, 0.1) is 5.56 Å². The predicted molar refractivity (Wildman–Crippen MR) is 76.3 cm³/mol. The van der Waals surface area contributed by atoms with Crippen molar-refractivity contribution >= 4 is 5.84 Å². The van der Waals surface area contributed by atoms with E-state index in [9.17, 15) is 0 Å². The van der Waals surface area contributed by atoms with Crippen LogP contribution in [0.4, 0.5) is 0 Å². The van der Waals surface area contributed by atoms with E-state index >= 15 is 0 Å². The Labute approximate surface area is 116 Å². The van der Waals surface area contributed by atoms with Gasteiger partial charge in [0.15, 0.2) is 5.84 Å². The van der Waals surface area contributed by atoms with Gasteiger partial charge in [-0.05, 0) is 36.2 Å². The molecule has 2 aromatic carbocycles. The zero-order valence-electron chi connectivity index (χ0n) is 10.9. The summed E-state index contributed by atoms with van der Waals surface area (Å²) >= 11 is 0. The maximum Gasteiger partial charge on any atom is 0.173 e. The number of ether oxygens (including phenoxy) is 1. The fourth-order valence-corrected chi connectivity index (χ4v) is 1.80. The maximum atomic E-state index is 8.87. The molecule has 0 aromatic heterocycles. The molecule has 0 heterocycles. The molecule has 0 radical (unpaired) electrons. The van der Waals surface area contributed by atoms with Gasteiger partial charge in [0, 0.05) is 6.61 Å². The first kappa shape index (κ1) is 13.9. The Hall–Kier alpha value is -2.53. The van der Waals surface area contributed by atoms with Crippen LogP contribution in [0.25, 0.3) is 0 Å². The van der Waals surface area contributed by atoms with E-state index in [1.54, 1.807) is 18.2 Å². The number of aliphatic hydroxyl groups is 1. The molecule has 0 amide bonds. The highest BCUT2D eigenvalue weighted by Crippen LogP contribution is 2.25. The number of oxime groups is 1. The minimum atomic E-state index is -0.00231. The zero-order valence-corrected chi connectivity index (χ0v) is 10.9. The number of benzene rings is 2. The molecule has 0 fully saturated rings. The van der Waals surface area contributed by atoms with Crippen LogP contribution in [0.2, 0.25) is 0 Å². The van der Waals surface area contributed by atoms with Gasteiger partial charge in [0.1, 0.15) is 11.5 Å². The van der Waals surface area contributed by atoms with Crippen molar-refractivity contribution in [2.45, 2.75) is 6.42 Å². The first-order valence-electron chi connectivity index (χ1n) is 6.19. The monoisotopic (exact) mass is 272 g/mol. The number of amidine groups is 1. The highest BCUT2D eigenvalue weighted by Gasteiger charge is 2.08. The van der Waals surface area contributed by atoms with E-state index in [4.69, 9.17) is 20.8 Å². The standard InChI is InChI=1S/C15H16N2O3/c16-15(17-19)13-3-1-2-4-14(13)20-12-7-5-11(6-8-12)9-10-18/h1-8,18-19H,9-10H2,(H2,16,17). The van der Waals surface area contributed by atoms with Gasteiger partial charge in [0.25, 0.3) is 0 Å². The lowest BCUT2D eigenvalue weighted by Gasteiger charge is -2.10. The van der Waals surface area contributed by atoms with Crippen molar-refractivity contribution in [2.75, 3.05) is 6.61 Å². The first-order chi connectivity index (χ1) is 9.74. The molecule has 0 aliphatic rings. The fourth-order valence-electron chi connectivity index (χ4n) is 1.80. The molecule has 5 heteroatoms.